The first kappa shape index (κ1) is 18.6. The van der Waals surface area contributed by atoms with E-state index in [1.54, 1.807) is 36.5 Å². The van der Waals surface area contributed by atoms with Crippen molar-refractivity contribution in [3.8, 4) is 23.7 Å². The van der Waals surface area contributed by atoms with Crippen LogP contribution >= 0.6 is 0 Å². The number of nitrogens with zero attached hydrogens (tertiary/aromatic N) is 6. The number of aromatic amines is 2. The predicted molar refractivity (Wildman–Crippen MR) is 107 cm³/mol. The predicted octanol–water partition coefficient (Wildman–Crippen LogP) is 0.315. The average Bonchev–Trinajstić information content (AvgIpc) is 3.38. The molecule has 5 rings (SSSR count). The second-order valence-corrected chi connectivity index (χ2v) is 7.07. The molecule has 4 aromatic rings. The van der Waals surface area contributed by atoms with Gasteiger partial charge in [-0.25, -0.2) is 9.79 Å². The molecule has 0 amide bonds. The smallest absolute Gasteiger partial charge is 0.327 e. The molecule has 1 aliphatic rings. The van der Waals surface area contributed by atoms with E-state index in [1.165, 1.54) is 4.52 Å². The number of hydrogen-bond acceptors (Lipinski definition) is 8. The quantitative estimate of drug-likeness (QED) is 0.422. The molecule has 3 aromatic heterocycles. The van der Waals surface area contributed by atoms with Crippen molar-refractivity contribution in [1.82, 2.24) is 29.5 Å². The van der Waals surface area contributed by atoms with E-state index in [9.17, 15) is 9.90 Å². The zero-order valence-corrected chi connectivity index (χ0v) is 16.1. The number of ether oxygens (including phenoxy) is 1. The lowest BCUT2D eigenvalue weighted by atomic mass is 10.2. The minimum absolute atomic E-state index is 0.0851. The van der Waals surface area contributed by atoms with E-state index in [-0.39, 0.29) is 23.6 Å². The Balaban J connectivity index is 1.61. The van der Waals surface area contributed by atoms with E-state index in [4.69, 9.17) is 10.00 Å². The summed E-state index contributed by atoms with van der Waals surface area (Å²) in [5.74, 6) is 0.233. The SMILES string of the molecule is N#CCc1ccc(Oc2nc(=NC3CC3)n3ncc(=Cc4[nH]c(=O)[nH]c4O)c3n2)cc1. The minimum atomic E-state index is -0.525. The molecule has 0 radical (unpaired) electrons. The number of rotatable bonds is 5. The van der Waals surface area contributed by atoms with Gasteiger partial charge in [-0.15, -0.1) is 0 Å². The van der Waals surface area contributed by atoms with E-state index in [2.05, 4.69) is 36.1 Å². The number of nitriles is 1. The zero-order chi connectivity index (χ0) is 21.4. The van der Waals surface area contributed by atoms with Gasteiger partial charge in [0.05, 0.1) is 24.7 Å². The highest BCUT2D eigenvalue weighted by Gasteiger charge is 2.21. The fourth-order valence-corrected chi connectivity index (χ4v) is 2.98. The summed E-state index contributed by atoms with van der Waals surface area (Å²) in [6, 6.07) is 9.46. The number of nitrogens with one attached hydrogen (secondary N) is 2. The Hall–Kier alpha value is -4.46. The molecule has 0 unspecified atom stereocenters. The van der Waals surface area contributed by atoms with Crippen molar-refractivity contribution in [2.45, 2.75) is 25.3 Å². The topological polar surface area (TPSA) is 157 Å². The molecule has 1 aliphatic carbocycles. The number of aromatic nitrogens is 6. The van der Waals surface area contributed by atoms with Gasteiger partial charge in [-0.05, 0) is 36.6 Å². The van der Waals surface area contributed by atoms with Gasteiger partial charge in [0.15, 0.2) is 5.65 Å². The summed E-state index contributed by atoms with van der Waals surface area (Å²) < 4.78 is 7.33. The molecule has 3 heterocycles. The number of benzene rings is 1. The summed E-state index contributed by atoms with van der Waals surface area (Å²) in [5, 5.41) is 23.5. The molecule has 0 atom stereocenters. The minimum Gasteiger partial charge on any atom is -0.493 e. The van der Waals surface area contributed by atoms with Crippen LogP contribution < -0.4 is 21.3 Å². The highest BCUT2D eigenvalue weighted by molar-refractivity contribution is 5.56. The lowest BCUT2D eigenvalue weighted by Crippen LogP contribution is -2.23. The van der Waals surface area contributed by atoms with Gasteiger partial charge >= 0.3 is 11.7 Å². The molecule has 154 valence electrons. The summed E-state index contributed by atoms with van der Waals surface area (Å²) in [6.45, 7) is 0. The molecule has 1 aromatic carbocycles. The van der Waals surface area contributed by atoms with Crippen LogP contribution in [0.15, 0.2) is 40.2 Å². The maximum Gasteiger partial charge on any atom is 0.327 e. The molecule has 1 saturated carbocycles. The van der Waals surface area contributed by atoms with Crippen LogP contribution in [0, 0.1) is 11.3 Å². The van der Waals surface area contributed by atoms with Gasteiger partial charge in [-0.1, -0.05) is 12.1 Å². The highest BCUT2D eigenvalue weighted by Crippen LogP contribution is 2.22. The summed E-state index contributed by atoms with van der Waals surface area (Å²) >= 11 is 0. The van der Waals surface area contributed by atoms with Crippen molar-refractivity contribution >= 4 is 11.7 Å². The van der Waals surface area contributed by atoms with Gasteiger partial charge in [0.1, 0.15) is 11.4 Å². The van der Waals surface area contributed by atoms with E-state index in [0.29, 0.717) is 28.7 Å². The second kappa shape index (κ2) is 7.42. The van der Waals surface area contributed by atoms with E-state index < -0.39 is 5.69 Å². The molecule has 31 heavy (non-hydrogen) atoms. The monoisotopic (exact) mass is 416 g/mol. The van der Waals surface area contributed by atoms with E-state index in [1.807, 2.05) is 0 Å². The van der Waals surface area contributed by atoms with Gasteiger partial charge < -0.3 is 14.8 Å². The van der Waals surface area contributed by atoms with Gasteiger partial charge in [0.2, 0.25) is 5.88 Å². The molecule has 1 fully saturated rings. The number of imidazole rings is 1. The molecule has 0 spiro atoms. The standard InChI is InChI=1S/C20H16N8O3/c21-8-7-11-1-5-14(6-2-11)31-20-25-16-12(9-15-17(29)26-19(30)24-15)10-22-28(16)18(27-20)23-13-3-4-13/h1-2,5-6,9-10,13,29H,3-4,7H2,(H2,24,26,30). The van der Waals surface area contributed by atoms with Crippen molar-refractivity contribution < 1.29 is 9.84 Å². The first-order chi connectivity index (χ1) is 15.1. The van der Waals surface area contributed by atoms with E-state index >= 15 is 0 Å². The van der Waals surface area contributed by atoms with Crippen LogP contribution in [-0.4, -0.2) is 40.7 Å². The van der Waals surface area contributed by atoms with Crippen molar-refractivity contribution in [2.75, 3.05) is 0 Å². The molecule has 3 N–H and O–H groups in total. The number of hydrogen-bond donors (Lipinski definition) is 3. The van der Waals surface area contributed by atoms with Gasteiger partial charge in [0, 0.05) is 5.22 Å². The van der Waals surface area contributed by atoms with Crippen LogP contribution in [0.4, 0.5) is 0 Å². The largest absolute Gasteiger partial charge is 0.493 e. The Labute approximate surface area is 174 Å². The molecular weight excluding hydrogens is 400 g/mol. The number of aromatic hydroxyl groups is 1. The first-order valence-electron chi connectivity index (χ1n) is 9.55. The number of fused-ring (bicyclic) bond motifs is 1. The molecule has 0 bridgehead atoms. The third kappa shape index (κ3) is 3.86. The third-order valence-electron chi connectivity index (χ3n) is 4.65. The molecule has 11 heteroatoms. The molecular formula is C20H16N8O3. The zero-order valence-electron chi connectivity index (χ0n) is 16.1. The summed E-state index contributed by atoms with van der Waals surface area (Å²) in [5.41, 5.74) is 1.32. The second-order valence-electron chi connectivity index (χ2n) is 7.07. The molecule has 0 aliphatic heterocycles. The van der Waals surface area contributed by atoms with Crippen LogP contribution in [-0.2, 0) is 6.42 Å². The van der Waals surface area contributed by atoms with Crippen LogP contribution in [0.1, 0.15) is 24.1 Å². The first-order valence-corrected chi connectivity index (χ1v) is 9.55. The molecule has 0 saturated heterocycles. The van der Waals surface area contributed by atoms with Crippen molar-refractivity contribution in [1.29, 1.82) is 5.26 Å². The maximum absolute atomic E-state index is 11.4. The Morgan fingerprint density at radius 1 is 1.29 bits per heavy atom. The maximum atomic E-state index is 11.4. The lowest BCUT2D eigenvalue weighted by Gasteiger charge is -2.05. The van der Waals surface area contributed by atoms with Gasteiger partial charge in [-0.3, -0.25) is 4.98 Å². The van der Waals surface area contributed by atoms with Crippen LogP contribution in [0.25, 0.3) is 11.7 Å². The normalized spacial score (nSPS) is 14.8. The summed E-state index contributed by atoms with van der Waals surface area (Å²) in [7, 11) is 0. The van der Waals surface area contributed by atoms with Crippen LogP contribution in [0.3, 0.4) is 0 Å². The average molecular weight is 416 g/mol. The fraction of sp³-hybridized carbons (Fsp3) is 0.200. The summed E-state index contributed by atoms with van der Waals surface area (Å²) in [6.07, 6.45) is 5.38. The third-order valence-corrected chi connectivity index (χ3v) is 4.65. The Kier molecular flexibility index (Phi) is 4.44. The van der Waals surface area contributed by atoms with Crippen LogP contribution in [0.2, 0.25) is 0 Å². The highest BCUT2D eigenvalue weighted by atomic mass is 16.5. The van der Waals surface area contributed by atoms with E-state index in [0.717, 1.165) is 18.4 Å². The van der Waals surface area contributed by atoms with Gasteiger partial charge in [0.25, 0.3) is 5.62 Å². The number of H-pyrrole nitrogens is 2. The lowest BCUT2D eigenvalue weighted by molar-refractivity contribution is 0.435. The summed E-state index contributed by atoms with van der Waals surface area (Å²) in [4.78, 5) is 29.6. The van der Waals surface area contributed by atoms with Crippen molar-refractivity contribution in [3.63, 3.8) is 0 Å². The van der Waals surface area contributed by atoms with Crippen LogP contribution in [0.5, 0.6) is 17.6 Å². The Bertz CT molecular complexity index is 1490. The Morgan fingerprint density at radius 2 is 2.10 bits per heavy atom. The van der Waals surface area contributed by atoms with Gasteiger partial charge in [-0.2, -0.15) is 24.8 Å². The fourth-order valence-electron chi connectivity index (χ4n) is 2.98. The van der Waals surface area contributed by atoms with Crippen molar-refractivity contribution in [2.24, 2.45) is 4.99 Å². The molecule has 11 nitrogen and oxygen atoms in total. The van der Waals surface area contributed by atoms with Crippen molar-refractivity contribution in [3.05, 3.63) is 63.0 Å². The Morgan fingerprint density at radius 3 is 2.77 bits per heavy atom.